The van der Waals surface area contributed by atoms with Crippen molar-refractivity contribution >= 4 is 46.3 Å². The second-order valence-electron chi connectivity index (χ2n) is 7.82. The molecule has 1 heterocycles. The largest absolute Gasteiger partial charge is 0.493 e. The number of nitro benzene ring substituents is 1. The standard InChI is InChI=1S/C26H21N3O7S/c1-28-24(30)23(37-26(28)27-19-10-6-9-17(11-19)25(31)32)13-18-12-21(35-2)22(14-20(18)29(33)34)36-15-16-7-4-3-5-8-16/h3-14H,15H2,1-2H3,(H,31,32)/b23-13+,27-26?. The zero-order valence-corrected chi connectivity index (χ0v) is 20.6. The van der Waals surface area contributed by atoms with Gasteiger partial charge in [0.15, 0.2) is 16.7 Å². The Morgan fingerprint density at radius 3 is 2.57 bits per heavy atom. The first-order valence-corrected chi connectivity index (χ1v) is 11.7. The van der Waals surface area contributed by atoms with Crippen molar-refractivity contribution in [3.63, 3.8) is 0 Å². The van der Waals surface area contributed by atoms with E-state index >= 15 is 0 Å². The molecule has 0 saturated carbocycles. The second-order valence-corrected chi connectivity index (χ2v) is 8.83. The molecule has 0 radical (unpaired) electrons. The lowest BCUT2D eigenvalue weighted by Gasteiger charge is -2.12. The van der Waals surface area contributed by atoms with Crippen LogP contribution in [0.3, 0.4) is 0 Å². The third kappa shape index (κ3) is 5.78. The van der Waals surface area contributed by atoms with Gasteiger partial charge >= 0.3 is 5.97 Å². The number of hydrogen-bond acceptors (Lipinski definition) is 8. The number of carbonyl (C=O) groups excluding carboxylic acids is 1. The fourth-order valence-electron chi connectivity index (χ4n) is 3.46. The number of carbonyl (C=O) groups is 2. The fourth-order valence-corrected chi connectivity index (χ4v) is 4.44. The molecule has 3 aromatic carbocycles. The van der Waals surface area contributed by atoms with Gasteiger partial charge in [-0.3, -0.25) is 19.8 Å². The van der Waals surface area contributed by atoms with Crippen molar-refractivity contribution < 1.29 is 29.1 Å². The Bertz CT molecular complexity index is 1440. The Morgan fingerprint density at radius 1 is 1.14 bits per heavy atom. The van der Waals surface area contributed by atoms with Gasteiger partial charge in [0.05, 0.1) is 39.8 Å². The molecule has 1 amide bonds. The second kappa shape index (κ2) is 11.0. The smallest absolute Gasteiger partial charge is 0.335 e. The minimum Gasteiger partial charge on any atom is -0.493 e. The van der Waals surface area contributed by atoms with Crippen LogP contribution in [0.25, 0.3) is 6.08 Å². The zero-order chi connectivity index (χ0) is 26.5. The van der Waals surface area contributed by atoms with Crippen LogP contribution in [0.15, 0.2) is 76.6 Å². The molecule has 1 aliphatic rings. The summed E-state index contributed by atoms with van der Waals surface area (Å²) in [5.41, 5.74) is 1.21. The molecule has 0 bridgehead atoms. The lowest BCUT2D eigenvalue weighted by atomic mass is 10.1. The van der Waals surface area contributed by atoms with Crippen molar-refractivity contribution in [3.05, 3.63) is 98.4 Å². The average molecular weight is 520 g/mol. The van der Waals surface area contributed by atoms with Gasteiger partial charge < -0.3 is 14.6 Å². The molecule has 0 spiro atoms. The number of carboxylic acids is 1. The van der Waals surface area contributed by atoms with Gasteiger partial charge in [0.25, 0.3) is 11.6 Å². The SMILES string of the molecule is COc1cc(/C=C2/SC(=Nc3cccc(C(=O)O)c3)N(C)C2=O)c([N+](=O)[O-])cc1OCc1ccccc1. The van der Waals surface area contributed by atoms with Crippen molar-refractivity contribution in [1.82, 2.24) is 4.90 Å². The van der Waals surface area contributed by atoms with E-state index in [1.54, 1.807) is 12.1 Å². The molecule has 1 aliphatic heterocycles. The first-order chi connectivity index (χ1) is 17.8. The summed E-state index contributed by atoms with van der Waals surface area (Å²) in [7, 11) is 2.94. The summed E-state index contributed by atoms with van der Waals surface area (Å²) in [5.74, 6) is -1.03. The van der Waals surface area contributed by atoms with Crippen LogP contribution in [0.1, 0.15) is 21.5 Å². The number of amidine groups is 1. The number of methoxy groups -OCH3 is 1. The quantitative estimate of drug-likeness (QED) is 0.247. The average Bonchev–Trinajstić information content (AvgIpc) is 3.15. The number of aliphatic imine (C=N–C) groups is 1. The zero-order valence-electron chi connectivity index (χ0n) is 19.8. The first-order valence-electron chi connectivity index (χ1n) is 10.9. The van der Waals surface area contributed by atoms with E-state index in [4.69, 9.17) is 9.47 Å². The molecule has 10 nitrogen and oxygen atoms in total. The maximum atomic E-state index is 12.9. The molecular weight excluding hydrogens is 498 g/mol. The summed E-state index contributed by atoms with van der Waals surface area (Å²) in [6.07, 6.45) is 1.40. The molecular formula is C26H21N3O7S. The number of thioether (sulfide) groups is 1. The van der Waals surface area contributed by atoms with Crippen molar-refractivity contribution in [1.29, 1.82) is 0 Å². The Kier molecular flexibility index (Phi) is 7.54. The lowest BCUT2D eigenvalue weighted by molar-refractivity contribution is -0.385. The Morgan fingerprint density at radius 2 is 1.89 bits per heavy atom. The molecule has 0 atom stereocenters. The van der Waals surface area contributed by atoms with Crippen LogP contribution in [0.2, 0.25) is 0 Å². The number of amides is 1. The molecule has 1 saturated heterocycles. The normalized spacial score (nSPS) is 15.3. The summed E-state index contributed by atoms with van der Waals surface area (Å²) in [5, 5.41) is 21.4. The van der Waals surface area contributed by atoms with Crippen molar-refractivity contribution in [2.75, 3.05) is 14.2 Å². The molecule has 0 aliphatic carbocycles. The van der Waals surface area contributed by atoms with E-state index in [1.807, 2.05) is 30.3 Å². The highest BCUT2D eigenvalue weighted by Gasteiger charge is 2.31. The predicted molar refractivity (Wildman–Crippen MR) is 139 cm³/mol. The topological polar surface area (TPSA) is 132 Å². The minimum absolute atomic E-state index is 0.0619. The molecule has 37 heavy (non-hydrogen) atoms. The highest BCUT2D eigenvalue weighted by molar-refractivity contribution is 8.18. The third-order valence-electron chi connectivity index (χ3n) is 5.35. The summed E-state index contributed by atoms with van der Waals surface area (Å²) < 4.78 is 11.2. The van der Waals surface area contributed by atoms with Crippen LogP contribution in [0.4, 0.5) is 11.4 Å². The van der Waals surface area contributed by atoms with E-state index in [9.17, 15) is 24.8 Å². The number of likely N-dealkylation sites (N-methyl/N-ethyl adjacent to an activating group) is 1. The van der Waals surface area contributed by atoms with Crippen molar-refractivity contribution in [2.45, 2.75) is 6.61 Å². The van der Waals surface area contributed by atoms with Gasteiger partial charge in [-0.2, -0.15) is 0 Å². The van der Waals surface area contributed by atoms with Crippen LogP contribution in [0, 0.1) is 10.1 Å². The molecule has 3 aromatic rings. The number of aromatic carboxylic acids is 1. The number of carboxylic acid groups (broad SMARTS) is 1. The summed E-state index contributed by atoms with van der Waals surface area (Å²) in [6, 6.07) is 18.1. The number of rotatable bonds is 8. The van der Waals surface area contributed by atoms with E-state index in [2.05, 4.69) is 4.99 Å². The molecule has 11 heteroatoms. The number of ether oxygens (including phenoxy) is 2. The third-order valence-corrected chi connectivity index (χ3v) is 6.41. The molecule has 1 N–H and O–H groups in total. The van der Waals surface area contributed by atoms with Gasteiger partial charge in [-0.25, -0.2) is 9.79 Å². The van der Waals surface area contributed by atoms with Crippen LogP contribution < -0.4 is 9.47 Å². The molecule has 1 fully saturated rings. The van der Waals surface area contributed by atoms with Crippen LogP contribution in [0.5, 0.6) is 11.5 Å². The van der Waals surface area contributed by atoms with E-state index in [-0.39, 0.29) is 39.8 Å². The Balaban J connectivity index is 1.65. The van der Waals surface area contributed by atoms with Crippen LogP contribution in [-0.4, -0.2) is 46.1 Å². The van der Waals surface area contributed by atoms with Gasteiger partial charge in [-0.05, 0) is 47.7 Å². The fraction of sp³-hybridized carbons (Fsp3) is 0.115. The Hall–Kier alpha value is -4.64. The molecule has 4 rings (SSSR count). The lowest BCUT2D eigenvalue weighted by Crippen LogP contribution is -2.23. The maximum absolute atomic E-state index is 12.9. The van der Waals surface area contributed by atoms with Gasteiger partial charge in [-0.1, -0.05) is 36.4 Å². The van der Waals surface area contributed by atoms with E-state index < -0.39 is 16.8 Å². The van der Waals surface area contributed by atoms with E-state index in [1.165, 1.54) is 49.4 Å². The highest BCUT2D eigenvalue weighted by Crippen LogP contribution is 2.39. The number of hydrogen-bond donors (Lipinski definition) is 1. The number of nitro groups is 1. The van der Waals surface area contributed by atoms with Gasteiger partial charge in [-0.15, -0.1) is 0 Å². The minimum atomic E-state index is -1.09. The van der Waals surface area contributed by atoms with Gasteiger partial charge in [0.2, 0.25) is 0 Å². The summed E-state index contributed by atoms with van der Waals surface area (Å²) >= 11 is 1.02. The summed E-state index contributed by atoms with van der Waals surface area (Å²) in [6.45, 7) is 0.191. The van der Waals surface area contributed by atoms with Crippen LogP contribution in [-0.2, 0) is 11.4 Å². The molecule has 0 aromatic heterocycles. The van der Waals surface area contributed by atoms with Crippen molar-refractivity contribution in [3.8, 4) is 11.5 Å². The van der Waals surface area contributed by atoms with E-state index in [0.717, 1.165) is 17.3 Å². The Labute approximate surface area is 216 Å². The van der Waals surface area contributed by atoms with E-state index in [0.29, 0.717) is 10.9 Å². The number of nitrogens with zero attached hydrogens (tertiary/aromatic N) is 3. The maximum Gasteiger partial charge on any atom is 0.335 e. The first kappa shape index (κ1) is 25.5. The molecule has 188 valence electrons. The van der Waals surface area contributed by atoms with Crippen LogP contribution >= 0.6 is 11.8 Å². The molecule has 0 unspecified atom stereocenters. The number of benzene rings is 3. The van der Waals surface area contributed by atoms with Gasteiger partial charge in [0.1, 0.15) is 6.61 Å². The summed E-state index contributed by atoms with van der Waals surface area (Å²) in [4.78, 5) is 41.3. The van der Waals surface area contributed by atoms with Gasteiger partial charge in [0, 0.05) is 7.05 Å². The predicted octanol–water partition coefficient (Wildman–Crippen LogP) is 5.11. The highest BCUT2D eigenvalue weighted by atomic mass is 32.2. The monoisotopic (exact) mass is 519 g/mol. The van der Waals surface area contributed by atoms with Crippen molar-refractivity contribution in [2.24, 2.45) is 4.99 Å².